The van der Waals surface area contributed by atoms with Gasteiger partial charge in [0.2, 0.25) is 5.95 Å². The van der Waals surface area contributed by atoms with Crippen molar-refractivity contribution in [3.05, 3.63) is 35.0 Å². The predicted molar refractivity (Wildman–Crippen MR) is 150 cm³/mol. The van der Waals surface area contributed by atoms with Gasteiger partial charge in [-0.05, 0) is 39.3 Å². The Balaban J connectivity index is 1.52. The van der Waals surface area contributed by atoms with E-state index in [1.165, 1.54) is 19.4 Å². The molecule has 0 aliphatic carbocycles. The van der Waals surface area contributed by atoms with E-state index in [0.717, 1.165) is 0 Å². The van der Waals surface area contributed by atoms with Gasteiger partial charge in [0, 0.05) is 36.5 Å². The van der Waals surface area contributed by atoms with E-state index in [4.69, 9.17) is 21.1 Å². The molecule has 3 aromatic rings. The highest BCUT2D eigenvalue weighted by molar-refractivity contribution is 6.33. The molecule has 0 spiro atoms. The average molecular weight is 593 g/mol. The zero-order chi connectivity index (χ0) is 29.6. The summed E-state index contributed by atoms with van der Waals surface area (Å²) in [5.74, 6) is -0.212. The topological polar surface area (TPSA) is 115 Å². The molecular formula is C28H35ClF2N6O4. The number of methoxy groups -OCH3 is 1. The summed E-state index contributed by atoms with van der Waals surface area (Å²) < 4.78 is 43.1. The Morgan fingerprint density at radius 2 is 2.05 bits per heavy atom. The first-order valence-electron chi connectivity index (χ1n) is 13.8. The number of carbonyl (C=O) groups excluding carboxylic acids is 1. The lowest BCUT2D eigenvalue weighted by molar-refractivity contribution is 0.0116. The van der Waals surface area contributed by atoms with E-state index in [1.807, 2.05) is 18.4 Å². The number of aliphatic hydroxyl groups is 1. The highest BCUT2D eigenvalue weighted by Crippen LogP contribution is 2.36. The van der Waals surface area contributed by atoms with Crippen LogP contribution >= 0.6 is 11.6 Å². The first-order chi connectivity index (χ1) is 19.5. The van der Waals surface area contributed by atoms with Crippen molar-refractivity contribution in [2.75, 3.05) is 32.1 Å². The summed E-state index contributed by atoms with van der Waals surface area (Å²) in [6.45, 7) is 8.53. The number of imidazole rings is 1. The average Bonchev–Trinajstić information content (AvgIpc) is 3.58. The van der Waals surface area contributed by atoms with Crippen LogP contribution in [0.2, 0.25) is 5.02 Å². The molecule has 2 fully saturated rings. The Hall–Kier alpha value is -3.09. The number of hydrogen-bond acceptors (Lipinski definition) is 8. The van der Waals surface area contributed by atoms with Crippen molar-refractivity contribution in [1.29, 1.82) is 0 Å². The summed E-state index contributed by atoms with van der Waals surface area (Å²) in [5, 5.41) is 13.8. The molecule has 2 aliphatic heterocycles. The van der Waals surface area contributed by atoms with Gasteiger partial charge >= 0.3 is 6.09 Å². The molecule has 2 aliphatic rings. The number of aromatic nitrogens is 4. The first kappa shape index (κ1) is 29.4. The number of nitrogens with one attached hydrogen (secondary N) is 1. The smallest absolute Gasteiger partial charge is 0.409 e. The van der Waals surface area contributed by atoms with Crippen LogP contribution in [0.25, 0.3) is 22.3 Å². The molecule has 10 nitrogen and oxygen atoms in total. The number of rotatable bonds is 5. The molecule has 0 radical (unpaired) electrons. The molecule has 13 heteroatoms. The van der Waals surface area contributed by atoms with Crippen LogP contribution in [0, 0.1) is 11.7 Å². The van der Waals surface area contributed by atoms with E-state index < -0.39 is 36.3 Å². The Kier molecular flexibility index (Phi) is 8.36. The highest BCUT2D eigenvalue weighted by Gasteiger charge is 2.40. The Bertz CT molecular complexity index is 1420. The lowest BCUT2D eigenvalue weighted by atomic mass is 9.95. The highest BCUT2D eigenvalue weighted by atomic mass is 35.5. The number of hydrogen-bond donors (Lipinski definition) is 2. The molecule has 1 unspecified atom stereocenters. The lowest BCUT2D eigenvalue weighted by Crippen LogP contribution is -2.46. The number of benzene rings is 1. The Morgan fingerprint density at radius 1 is 1.29 bits per heavy atom. The van der Waals surface area contributed by atoms with Gasteiger partial charge in [0.25, 0.3) is 0 Å². The van der Waals surface area contributed by atoms with E-state index in [9.17, 15) is 9.90 Å². The van der Waals surface area contributed by atoms with Crippen LogP contribution in [0.1, 0.15) is 51.9 Å². The summed E-state index contributed by atoms with van der Waals surface area (Å²) in [4.78, 5) is 27.0. The molecule has 4 heterocycles. The fourth-order valence-electron chi connectivity index (χ4n) is 5.69. The second-order valence-corrected chi connectivity index (χ2v) is 11.6. The summed E-state index contributed by atoms with van der Waals surface area (Å²) in [5.41, 5.74) is 1.41. The van der Waals surface area contributed by atoms with Crippen LogP contribution in [0.5, 0.6) is 0 Å². The van der Waals surface area contributed by atoms with Crippen molar-refractivity contribution >= 4 is 34.7 Å². The summed E-state index contributed by atoms with van der Waals surface area (Å²) in [7, 11) is 1.35. The molecule has 2 N–H and O–H groups in total. The van der Waals surface area contributed by atoms with Gasteiger partial charge in [0.15, 0.2) is 5.82 Å². The van der Waals surface area contributed by atoms with Crippen molar-refractivity contribution in [3.8, 4) is 11.3 Å². The van der Waals surface area contributed by atoms with Crippen molar-refractivity contribution in [2.45, 2.75) is 70.5 Å². The molecule has 1 aromatic carbocycles. The molecule has 5 rings (SSSR count). The van der Waals surface area contributed by atoms with Crippen LogP contribution < -0.4 is 5.32 Å². The third-order valence-corrected chi connectivity index (χ3v) is 8.23. The van der Waals surface area contributed by atoms with E-state index in [0.29, 0.717) is 36.4 Å². The van der Waals surface area contributed by atoms with Crippen molar-refractivity contribution < 1.29 is 28.2 Å². The third kappa shape index (κ3) is 5.56. The first-order valence-corrected chi connectivity index (χ1v) is 14.1. The molecular weight excluding hydrogens is 558 g/mol. The standard InChI is InChI=1S/C28H35ClF2N6O4/c1-13(2)37-20-9-17(8-19(30)23(20)33-26(37)16-6-7-36(11-16)28(39)40-5)22-18(29)10-32-27(34-22)35-24-21(31)15(4)41-12-14(3)25(24)38/h8-10,13-16,21,24-25,38H,6-7,11-12H2,1-5H3,(H,32,34,35)/t14-,15-,16+,21+,24?,25+/m0/s1. The molecule has 6 atom stereocenters. The van der Waals surface area contributed by atoms with Gasteiger partial charge in [-0.25, -0.2) is 28.5 Å². The maximum absolute atomic E-state index is 15.6. The Labute approximate surface area is 242 Å². The van der Waals surface area contributed by atoms with Gasteiger partial charge in [0.1, 0.15) is 17.5 Å². The Morgan fingerprint density at radius 3 is 2.76 bits per heavy atom. The van der Waals surface area contributed by atoms with E-state index in [-0.39, 0.29) is 46.7 Å². The maximum atomic E-state index is 15.6. The summed E-state index contributed by atoms with van der Waals surface area (Å²) in [6, 6.07) is 2.01. The minimum Gasteiger partial charge on any atom is -0.453 e. The number of nitrogens with zero attached hydrogens (tertiary/aromatic N) is 5. The quantitative estimate of drug-likeness (QED) is 0.427. The second kappa shape index (κ2) is 11.7. The van der Waals surface area contributed by atoms with Crippen molar-refractivity contribution in [3.63, 3.8) is 0 Å². The number of likely N-dealkylation sites (tertiary alicyclic amines) is 1. The van der Waals surface area contributed by atoms with Gasteiger partial charge in [-0.2, -0.15) is 0 Å². The van der Waals surface area contributed by atoms with E-state index >= 15 is 8.78 Å². The van der Waals surface area contributed by atoms with E-state index in [2.05, 4.69) is 20.3 Å². The van der Waals surface area contributed by atoms with Gasteiger partial charge in [-0.3, -0.25) is 0 Å². The monoisotopic (exact) mass is 592 g/mol. The molecule has 1 amide bonds. The number of amides is 1. The lowest BCUT2D eigenvalue weighted by Gasteiger charge is -2.28. The normalized spacial score (nSPS) is 26.9. The number of alkyl halides is 1. The van der Waals surface area contributed by atoms with Gasteiger partial charge in [0.05, 0.1) is 54.4 Å². The molecule has 0 saturated carbocycles. The number of anilines is 1. The minimum atomic E-state index is -1.52. The number of ether oxygens (including phenoxy) is 2. The number of aliphatic hydroxyl groups excluding tert-OH is 1. The fraction of sp³-hybridized carbons (Fsp3) is 0.571. The van der Waals surface area contributed by atoms with Gasteiger partial charge in [-0.15, -0.1) is 0 Å². The molecule has 2 saturated heterocycles. The number of fused-ring (bicyclic) bond motifs is 1. The van der Waals surface area contributed by atoms with Crippen LogP contribution in [-0.2, 0) is 9.47 Å². The molecule has 0 bridgehead atoms. The van der Waals surface area contributed by atoms with Crippen LogP contribution in [-0.4, -0.2) is 86.8 Å². The van der Waals surface area contributed by atoms with E-state index in [1.54, 1.807) is 24.8 Å². The maximum Gasteiger partial charge on any atom is 0.409 e. The largest absolute Gasteiger partial charge is 0.453 e. The SMILES string of the molecule is COC(=O)N1CC[C@@H](c2nc3c(F)cc(-c4nc(NC5[C@H](O)[C@@H](C)CO[C@@H](C)[C@H]5F)ncc4Cl)cc3n2C(C)C)C1. The zero-order valence-electron chi connectivity index (χ0n) is 23.6. The second-order valence-electron chi connectivity index (χ2n) is 11.2. The van der Waals surface area contributed by atoms with Crippen molar-refractivity contribution in [2.24, 2.45) is 5.92 Å². The summed E-state index contributed by atoms with van der Waals surface area (Å²) in [6.07, 6.45) is -1.66. The van der Waals surface area contributed by atoms with Crippen LogP contribution in [0.4, 0.5) is 19.5 Å². The van der Waals surface area contributed by atoms with Gasteiger partial charge < -0.3 is 29.4 Å². The van der Waals surface area contributed by atoms with Crippen LogP contribution in [0.3, 0.4) is 0 Å². The third-order valence-electron chi connectivity index (χ3n) is 7.96. The molecule has 41 heavy (non-hydrogen) atoms. The molecule has 2 aromatic heterocycles. The summed E-state index contributed by atoms with van der Waals surface area (Å²) >= 11 is 6.49. The number of carbonyl (C=O) groups is 1. The van der Waals surface area contributed by atoms with Gasteiger partial charge in [-0.1, -0.05) is 18.5 Å². The fourth-order valence-corrected chi connectivity index (χ4v) is 5.89. The zero-order valence-corrected chi connectivity index (χ0v) is 24.4. The van der Waals surface area contributed by atoms with Crippen molar-refractivity contribution in [1.82, 2.24) is 24.4 Å². The number of halogens is 3. The van der Waals surface area contributed by atoms with Crippen LogP contribution in [0.15, 0.2) is 18.3 Å². The minimum absolute atomic E-state index is 0.0461. The predicted octanol–water partition coefficient (Wildman–Crippen LogP) is 4.96. The molecule has 222 valence electrons.